The normalized spacial score (nSPS) is 12.1. The van der Waals surface area contributed by atoms with E-state index in [-0.39, 0.29) is 5.41 Å². The van der Waals surface area contributed by atoms with Gasteiger partial charge in [0.15, 0.2) is 0 Å². The third-order valence-corrected chi connectivity index (χ3v) is 3.98. The van der Waals surface area contributed by atoms with Gasteiger partial charge < -0.3 is 5.32 Å². The van der Waals surface area contributed by atoms with E-state index < -0.39 is 0 Å². The van der Waals surface area contributed by atoms with Crippen molar-refractivity contribution in [2.75, 3.05) is 6.54 Å². The Balaban J connectivity index is 1.91. The Morgan fingerprint density at radius 2 is 1.90 bits per heavy atom. The molecule has 0 spiro atoms. The van der Waals surface area contributed by atoms with Crippen molar-refractivity contribution in [1.29, 1.82) is 0 Å². The second-order valence-electron chi connectivity index (χ2n) is 6.21. The average Bonchev–Trinajstić information content (AvgIpc) is 2.88. The maximum Gasteiger partial charge on any atom is 0.0969 e. The molecule has 0 fully saturated rings. The van der Waals surface area contributed by atoms with Crippen LogP contribution in [0.5, 0.6) is 0 Å². The van der Waals surface area contributed by atoms with E-state index in [0.717, 1.165) is 24.5 Å². The monoisotopic (exact) mass is 272 g/mol. The molecule has 4 nitrogen and oxygen atoms in total. The summed E-state index contributed by atoms with van der Waals surface area (Å²) in [4.78, 5) is 1.67. The van der Waals surface area contributed by atoms with Crippen LogP contribution in [0.25, 0.3) is 5.69 Å². The smallest absolute Gasteiger partial charge is 0.0969 e. The first-order chi connectivity index (χ1) is 9.49. The molecule has 2 aromatic rings. The van der Waals surface area contributed by atoms with E-state index in [9.17, 15) is 0 Å². The van der Waals surface area contributed by atoms with E-state index in [4.69, 9.17) is 0 Å². The summed E-state index contributed by atoms with van der Waals surface area (Å²) < 4.78 is 0. The molecule has 0 saturated carbocycles. The van der Waals surface area contributed by atoms with E-state index >= 15 is 0 Å². The molecule has 1 N–H and O–H groups in total. The van der Waals surface area contributed by atoms with Crippen molar-refractivity contribution in [3.8, 4) is 5.69 Å². The predicted octanol–water partition coefficient (Wildman–Crippen LogP) is 3.04. The maximum atomic E-state index is 4.49. The van der Waals surface area contributed by atoms with Crippen LogP contribution in [0.15, 0.2) is 36.5 Å². The SMILES string of the molecule is CC(C)C(C)(C)CNCc1cnn(-c2ccccc2)n1. The van der Waals surface area contributed by atoms with Crippen LogP contribution in [0.1, 0.15) is 33.4 Å². The van der Waals surface area contributed by atoms with Crippen LogP contribution in [0.3, 0.4) is 0 Å². The number of hydrogen-bond acceptors (Lipinski definition) is 3. The molecule has 1 heterocycles. The maximum absolute atomic E-state index is 4.49. The molecule has 4 heteroatoms. The summed E-state index contributed by atoms with van der Waals surface area (Å²) in [5.41, 5.74) is 2.24. The molecule has 1 aromatic carbocycles. The fraction of sp³-hybridized carbons (Fsp3) is 0.500. The first kappa shape index (κ1) is 14.7. The van der Waals surface area contributed by atoms with Crippen LogP contribution in [0.4, 0.5) is 0 Å². The Kier molecular flexibility index (Phi) is 4.55. The van der Waals surface area contributed by atoms with Crippen molar-refractivity contribution in [3.05, 3.63) is 42.2 Å². The molecule has 1 aromatic heterocycles. The Morgan fingerprint density at radius 3 is 2.55 bits per heavy atom. The van der Waals surface area contributed by atoms with Crippen molar-refractivity contribution in [2.45, 2.75) is 34.2 Å². The highest BCUT2D eigenvalue weighted by atomic mass is 15.5. The lowest BCUT2D eigenvalue weighted by atomic mass is 9.81. The van der Waals surface area contributed by atoms with E-state index in [1.54, 1.807) is 4.80 Å². The van der Waals surface area contributed by atoms with Crippen LogP contribution in [0, 0.1) is 11.3 Å². The molecule has 0 atom stereocenters. The predicted molar refractivity (Wildman–Crippen MR) is 81.7 cm³/mol. The van der Waals surface area contributed by atoms with Gasteiger partial charge in [-0.2, -0.15) is 15.0 Å². The van der Waals surface area contributed by atoms with E-state index in [0.29, 0.717) is 5.92 Å². The molecule has 0 radical (unpaired) electrons. The lowest BCUT2D eigenvalue weighted by Gasteiger charge is -2.29. The van der Waals surface area contributed by atoms with Crippen LogP contribution >= 0.6 is 0 Å². The Labute approximate surface area is 121 Å². The molecule has 0 saturated heterocycles. The van der Waals surface area contributed by atoms with Crippen molar-refractivity contribution >= 4 is 0 Å². The van der Waals surface area contributed by atoms with Gasteiger partial charge >= 0.3 is 0 Å². The van der Waals surface area contributed by atoms with Gasteiger partial charge in [0.05, 0.1) is 17.6 Å². The minimum Gasteiger partial charge on any atom is -0.311 e. The number of para-hydroxylation sites is 1. The number of rotatable bonds is 6. The molecular weight excluding hydrogens is 248 g/mol. The number of hydrogen-bond donors (Lipinski definition) is 1. The highest BCUT2D eigenvalue weighted by molar-refractivity contribution is 5.28. The number of nitrogens with zero attached hydrogens (tertiary/aromatic N) is 3. The van der Waals surface area contributed by atoms with Gasteiger partial charge in [-0.15, -0.1) is 0 Å². The molecule has 0 aliphatic heterocycles. The first-order valence-electron chi connectivity index (χ1n) is 7.16. The van der Waals surface area contributed by atoms with Gasteiger partial charge in [-0.1, -0.05) is 45.9 Å². The zero-order valence-electron chi connectivity index (χ0n) is 12.8. The third-order valence-electron chi connectivity index (χ3n) is 3.98. The van der Waals surface area contributed by atoms with Crippen molar-refractivity contribution in [1.82, 2.24) is 20.3 Å². The van der Waals surface area contributed by atoms with Crippen LogP contribution in [-0.4, -0.2) is 21.5 Å². The highest BCUT2D eigenvalue weighted by Gasteiger charge is 2.21. The molecule has 0 bridgehead atoms. The van der Waals surface area contributed by atoms with Crippen molar-refractivity contribution < 1.29 is 0 Å². The zero-order valence-corrected chi connectivity index (χ0v) is 12.8. The lowest BCUT2D eigenvalue weighted by molar-refractivity contribution is 0.237. The van der Waals surface area contributed by atoms with Crippen LogP contribution in [-0.2, 0) is 6.54 Å². The van der Waals surface area contributed by atoms with Gasteiger partial charge in [-0.25, -0.2) is 0 Å². The Bertz CT molecular complexity index is 528. The van der Waals surface area contributed by atoms with E-state index in [1.807, 2.05) is 36.5 Å². The highest BCUT2D eigenvalue weighted by Crippen LogP contribution is 2.24. The Morgan fingerprint density at radius 1 is 1.20 bits per heavy atom. The van der Waals surface area contributed by atoms with Gasteiger partial charge in [-0.3, -0.25) is 0 Å². The number of benzene rings is 1. The second-order valence-corrected chi connectivity index (χ2v) is 6.21. The van der Waals surface area contributed by atoms with Gasteiger partial charge in [0.25, 0.3) is 0 Å². The lowest BCUT2D eigenvalue weighted by Crippen LogP contribution is -2.33. The van der Waals surface area contributed by atoms with Gasteiger partial charge in [-0.05, 0) is 23.5 Å². The minimum atomic E-state index is 0.287. The molecule has 0 amide bonds. The quantitative estimate of drug-likeness (QED) is 0.879. The van der Waals surface area contributed by atoms with Gasteiger partial charge in [0.1, 0.15) is 0 Å². The summed E-state index contributed by atoms with van der Waals surface area (Å²) in [5.74, 6) is 0.648. The molecule has 108 valence electrons. The molecule has 0 aliphatic carbocycles. The molecule has 20 heavy (non-hydrogen) atoms. The van der Waals surface area contributed by atoms with E-state index in [2.05, 4.69) is 43.2 Å². The number of aromatic nitrogens is 3. The summed E-state index contributed by atoms with van der Waals surface area (Å²) in [6, 6.07) is 9.96. The van der Waals surface area contributed by atoms with Crippen LogP contribution in [0.2, 0.25) is 0 Å². The van der Waals surface area contributed by atoms with Gasteiger partial charge in [0.2, 0.25) is 0 Å². The molecular formula is C16H24N4. The topological polar surface area (TPSA) is 42.7 Å². The first-order valence-corrected chi connectivity index (χ1v) is 7.16. The zero-order chi connectivity index (χ0) is 14.6. The average molecular weight is 272 g/mol. The fourth-order valence-corrected chi connectivity index (χ4v) is 1.78. The summed E-state index contributed by atoms with van der Waals surface area (Å²) in [7, 11) is 0. The van der Waals surface area contributed by atoms with Crippen molar-refractivity contribution in [3.63, 3.8) is 0 Å². The largest absolute Gasteiger partial charge is 0.311 e. The van der Waals surface area contributed by atoms with Crippen molar-refractivity contribution in [2.24, 2.45) is 11.3 Å². The summed E-state index contributed by atoms with van der Waals surface area (Å²) >= 11 is 0. The summed E-state index contributed by atoms with van der Waals surface area (Å²) in [5, 5.41) is 12.3. The molecule has 0 aliphatic rings. The Hall–Kier alpha value is -1.68. The minimum absolute atomic E-state index is 0.287. The van der Waals surface area contributed by atoms with Crippen LogP contribution < -0.4 is 5.32 Å². The summed E-state index contributed by atoms with van der Waals surface area (Å²) in [6.07, 6.45) is 1.82. The van der Waals surface area contributed by atoms with E-state index in [1.165, 1.54) is 0 Å². The second kappa shape index (κ2) is 6.18. The molecule has 2 rings (SSSR count). The molecule has 0 unspecified atom stereocenters. The summed E-state index contributed by atoms with van der Waals surface area (Å²) in [6.45, 7) is 10.8. The third kappa shape index (κ3) is 3.67. The van der Waals surface area contributed by atoms with Gasteiger partial charge in [0, 0.05) is 13.1 Å². The fourth-order valence-electron chi connectivity index (χ4n) is 1.78. The number of nitrogens with one attached hydrogen (secondary N) is 1. The standard InChI is InChI=1S/C16H24N4/c1-13(2)16(3,4)12-17-10-14-11-18-20(19-14)15-8-6-5-7-9-15/h5-9,11,13,17H,10,12H2,1-4H3.